The van der Waals surface area contributed by atoms with Gasteiger partial charge in [0.05, 0.1) is 39.5 Å². The highest BCUT2D eigenvalue weighted by molar-refractivity contribution is 5.96. The van der Waals surface area contributed by atoms with E-state index >= 15 is 0 Å². The summed E-state index contributed by atoms with van der Waals surface area (Å²) in [6.07, 6.45) is 1.62. The van der Waals surface area contributed by atoms with Crippen molar-refractivity contribution in [3.8, 4) is 34.3 Å². The van der Waals surface area contributed by atoms with Crippen LogP contribution < -0.4 is 30.0 Å². The number of benzene rings is 2. The van der Waals surface area contributed by atoms with E-state index in [4.69, 9.17) is 24.7 Å². The molecule has 0 saturated carbocycles. The third-order valence-electron chi connectivity index (χ3n) is 4.76. The van der Waals surface area contributed by atoms with Crippen LogP contribution in [-0.2, 0) is 0 Å². The normalized spacial score (nSPS) is 10.7. The monoisotopic (exact) mass is 422 g/mol. The molecule has 160 valence electrons. The van der Waals surface area contributed by atoms with E-state index in [9.17, 15) is 0 Å². The average Bonchev–Trinajstić information content (AvgIpc) is 3.21. The summed E-state index contributed by atoms with van der Waals surface area (Å²) in [5.41, 5.74) is 9.00. The summed E-state index contributed by atoms with van der Waals surface area (Å²) in [4.78, 5) is 8.78. The summed E-state index contributed by atoms with van der Waals surface area (Å²) in [7, 11) is 6.26. The summed E-state index contributed by atoms with van der Waals surface area (Å²) in [5, 5.41) is 11.3. The molecule has 4 N–H and O–H groups in total. The second-order valence-corrected chi connectivity index (χ2v) is 6.52. The first kappa shape index (κ1) is 20.1. The average molecular weight is 422 g/mol. The number of aromatic amines is 1. The molecule has 0 atom stereocenters. The van der Waals surface area contributed by atoms with Crippen molar-refractivity contribution >= 4 is 28.4 Å². The van der Waals surface area contributed by atoms with E-state index in [0.717, 1.165) is 16.7 Å². The molecule has 0 saturated heterocycles. The molecular weight excluding hydrogens is 400 g/mol. The molecule has 2 aromatic heterocycles. The first-order valence-electron chi connectivity index (χ1n) is 9.30. The lowest BCUT2D eigenvalue weighted by molar-refractivity contribution is 0.324. The van der Waals surface area contributed by atoms with Gasteiger partial charge in [-0.1, -0.05) is 0 Å². The second-order valence-electron chi connectivity index (χ2n) is 6.52. The van der Waals surface area contributed by atoms with Crippen LogP contribution in [0.5, 0.6) is 23.0 Å². The Morgan fingerprint density at radius 1 is 0.935 bits per heavy atom. The third kappa shape index (κ3) is 3.70. The smallest absolute Gasteiger partial charge is 0.229 e. The number of methoxy groups -OCH3 is 4. The molecule has 31 heavy (non-hydrogen) atoms. The molecule has 2 heterocycles. The fraction of sp³-hybridized carbons (Fsp3) is 0.190. The van der Waals surface area contributed by atoms with Crippen molar-refractivity contribution in [2.45, 2.75) is 0 Å². The largest absolute Gasteiger partial charge is 0.497 e. The Hall–Kier alpha value is -4.21. The van der Waals surface area contributed by atoms with Crippen molar-refractivity contribution in [2.75, 3.05) is 39.5 Å². The van der Waals surface area contributed by atoms with Crippen LogP contribution in [0, 0.1) is 0 Å². The van der Waals surface area contributed by atoms with Gasteiger partial charge in [0.2, 0.25) is 11.7 Å². The number of nitrogens with one attached hydrogen (secondary N) is 2. The zero-order chi connectivity index (χ0) is 22.0. The number of anilines is 3. The number of hydrogen-bond acceptors (Lipinski definition) is 9. The first-order valence-corrected chi connectivity index (χ1v) is 9.30. The molecule has 0 amide bonds. The number of nitrogen functional groups attached to an aromatic ring is 1. The van der Waals surface area contributed by atoms with E-state index in [1.807, 2.05) is 18.2 Å². The summed E-state index contributed by atoms with van der Waals surface area (Å²) in [6.45, 7) is 0. The molecule has 0 spiro atoms. The molecule has 10 nitrogen and oxygen atoms in total. The Morgan fingerprint density at radius 2 is 1.68 bits per heavy atom. The predicted octanol–water partition coefficient (Wildman–Crippen LogP) is 3.38. The third-order valence-corrected chi connectivity index (χ3v) is 4.76. The number of nitrogens with two attached hydrogens (primary N) is 1. The maximum Gasteiger partial charge on any atom is 0.229 e. The number of hydrogen-bond donors (Lipinski definition) is 3. The number of nitrogens with zero attached hydrogens (tertiary/aromatic N) is 3. The summed E-state index contributed by atoms with van der Waals surface area (Å²) >= 11 is 0. The predicted molar refractivity (Wildman–Crippen MR) is 117 cm³/mol. The van der Waals surface area contributed by atoms with Gasteiger partial charge < -0.3 is 30.0 Å². The zero-order valence-electron chi connectivity index (χ0n) is 17.5. The molecule has 0 aliphatic rings. The van der Waals surface area contributed by atoms with Crippen molar-refractivity contribution in [1.29, 1.82) is 0 Å². The van der Waals surface area contributed by atoms with Crippen LogP contribution >= 0.6 is 0 Å². The van der Waals surface area contributed by atoms with Crippen molar-refractivity contribution in [3.05, 3.63) is 36.5 Å². The molecule has 0 bridgehead atoms. The van der Waals surface area contributed by atoms with Crippen molar-refractivity contribution in [1.82, 2.24) is 20.2 Å². The Balaban J connectivity index is 1.68. The van der Waals surface area contributed by atoms with E-state index in [1.54, 1.807) is 46.8 Å². The summed E-state index contributed by atoms with van der Waals surface area (Å²) in [6, 6.07) is 9.14. The van der Waals surface area contributed by atoms with Crippen LogP contribution in [0.1, 0.15) is 0 Å². The van der Waals surface area contributed by atoms with Crippen molar-refractivity contribution in [3.63, 3.8) is 0 Å². The highest BCUT2D eigenvalue weighted by atomic mass is 16.5. The molecule has 4 aromatic rings. The molecular formula is C21H22N6O4. The fourth-order valence-corrected chi connectivity index (χ4v) is 3.25. The lowest BCUT2D eigenvalue weighted by Gasteiger charge is -2.14. The molecule has 0 unspecified atom stereocenters. The Bertz CT molecular complexity index is 1210. The topological polar surface area (TPSA) is 129 Å². The second kappa shape index (κ2) is 8.27. The van der Waals surface area contributed by atoms with Gasteiger partial charge in [0.1, 0.15) is 17.3 Å². The van der Waals surface area contributed by atoms with Crippen molar-refractivity contribution < 1.29 is 18.9 Å². The first-order chi connectivity index (χ1) is 15.1. The number of H-pyrrole nitrogens is 1. The minimum absolute atomic E-state index is 0.279. The SMILES string of the molecule is COc1ccc2[nH]nc(-c3cnc(Nc4cc(OC)c(OC)c(OC)c4)nc3N)c2c1. The molecule has 4 rings (SSSR count). The molecule has 2 aromatic carbocycles. The van der Waals surface area contributed by atoms with Crippen LogP contribution in [0.4, 0.5) is 17.5 Å². The van der Waals surface area contributed by atoms with E-state index in [0.29, 0.717) is 40.1 Å². The van der Waals surface area contributed by atoms with Crippen LogP contribution in [-0.4, -0.2) is 48.6 Å². The van der Waals surface area contributed by atoms with Gasteiger partial charge in [-0.05, 0) is 18.2 Å². The van der Waals surface area contributed by atoms with E-state index in [-0.39, 0.29) is 5.82 Å². The number of fused-ring (bicyclic) bond motifs is 1. The Kier molecular flexibility index (Phi) is 5.35. The molecule has 0 fully saturated rings. The van der Waals surface area contributed by atoms with E-state index in [2.05, 4.69) is 25.5 Å². The van der Waals surface area contributed by atoms with E-state index in [1.165, 1.54) is 0 Å². The van der Waals surface area contributed by atoms with Gasteiger partial charge in [0.15, 0.2) is 11.5 Å². The standard InChI is InChI=1S/C21H22N6O4/c1-28-12-5-6-15-13(9-12)18(27-26-15)14-10-23-21(25-20(14)22)24-11-7-16(29-2)19(31-4)17(8-11)30-3/h5-10H,1-4H3,(H,26,27)(H3,22,23,24,25). The highest BCUT2D eigenvalue weighted by Crippen LogP contribution is 2.40. The number of rotatable bonds is 7. The van der Waals surface area contributed by atoms with Crippen molar-refractivity contribution in [2.24, 2.45) is 0 Å². The fourth-order valence-electron chi connectivity index (χ4n) is 3.25. The summed E-state index contributed by atoms with van der Waals surface area (Å²) < 4.78 is 21.4. The highest BCUT2D eigenvalue weighted by Gasteiger charge is 2.16. The Labute approximate surface area is 178 Å². The molecule has 10 heteroatoms. The minimum atomic E-state index is 0.279. The van der Waals surface area contributed by atoms with Gasteiger partial charge in [-0.15, -0.1) is 0 Å². The molecule has 0 radical (unpaired) electrons. The maximum absolute atomic E-state index is 6.24. The van der Waals surface area contributed by atoms with Gasteiger partial charge in [-0.25, -0.2) is 4.98 Å². The van der Waals surface area contributed by atoms with Gasteiger partial charge >= 0.3 is 0 Å². The quantitative estimate of drug-likeness (QED) is 0.410. The van der Waals surface area contributed by atoms with Gasteiger partial charge in [0.25, 0.3) is 0 Å². The zero-order valence-corrected chi connectivity index (χ0v) is 17.5. The van der Waals surface area contributed by atoms with E-state index < -0.39 is 0 Å². The number of ether oxygens (including phenoxy) is 4. The van der Waals surface area contributed by atoms with Crippen LogP contribution in [0.15, 0.2) is 36.5 Å². The lowest BCUT2D eigenvalue weighted by Crippen LogP contribution is -2.03. The molecule has 0 aliphatic carbocycles. The van der Waals surface area contributed by atoms with Crippen LogP contribution in [0.2, 0.25) is 0 Å². The van der Waals surface area contributed by atoms with Gasteiger partial charge in [-0.3, -0.25) is 5.10 Å². The maximum atomic E-state index is 6.24. The molecule has 0 aliphatic heterocycles. The van der Waals surface area contributed by atoms with Crippen LogP contribution in [0.3, 0.4) is 0 Å². The number of aromatic nitrogens is 4. The van der Waals surface area contributed by atoms with Gasteiger partial charge in [-0.2, -0.15) is 10.1 Å². The Morgan fingerprint density at radius 3 is 2.29 bits per heavy atom. The minimum Gasteiger partial charge on any atom is -0.497 e. The van der Waals surface area contributed by atoms with Crippen LogP contribution in [0.25, 0.3) is 22.2 Å². The summed E-state index contributed by atoms with van der Waals surface area (Å²) in [5.74, 6) is 2.81. The van der Waals surface area contributed by atoms with Gasteiger partial charge in [0, 0.05) is 29.4 Å². The lowest BCUT2D eigenvalue weighted by atomic mass is 10.1.